The van der Waals surface area contributed by atoms with Gasteiger partial charge in [-0.1, -0.05) is 6.92 Å². The molecule has 88 valence electrons. The Balaban J connectivity index is 2.60. The smallest absolute Gasteiger partial charge is 0.323 e. The molecular weight excluding hydrogens is 194 g/mol. The number of likely N-dealkylation sites (tertiary alicyclic amines) is 1. The standard InChI is InChI=1S/C11H21NO3/c1-3-10(11(14)15-4-2)12-7-5-6-9(12)8-13/h9-10,13H,3-8H2,1-2H3. The summed E-state index contributed by atoms with van der Waals surface area (Å²) in [6.45, 7) is 5.25. The molecule has 1 fully saturated rings. The highest BCUT2D eigenvalue weighted by Gasteiger charge is 2.33. The summed E-state index contributed by atoms with van der Waals surface area (Å²) in [6, 6.07) is -0.0380. The predicted octanol–water partition coefficient (Wildman–Crippen LogP) is 0.785. The number of hydrogen-bond acceptors (Lipinski definition) is 4. The topological polar surface area (TPSA) is 49.8 Å². The van der Waals surface area contributed by atoms with Gasteiger partial charge in [-0.2, -0.15) is 0 Å². The van der Waals surface area contributed by atoms with Gasteiger partial charge >= 0.3 is 5.97 Å². The van der Waals surface area contributed by atoms with Crippen LogP contribution in [-0.2, 0) is 9.53 Å². The first kappa shape index (κ1) is 12.5. The molecule has 1 aliphatic heterocycles. The molecular formula is C11H21NO3. The van der Waals surface area contributed by atoms with Crippen molar-refractivity contribution in [2.75, 3.05) is 19.8 Å². The Hall–Kier alpha value is -0.610. The van der Waals surface area contributed by atoms with Gasteiger partial charge in [0.25, 0.3) is 0 Å². The molecule has 1 saturated heterocycles. The molecule has 0 aromatic carbocycles. The number of aliphatic hydroxyl groups excluding tert-OH is 1. The zero-order valence-electron chi connectivity index (χ0n) is 9.61. The van der Waals surface area contributed by atoms with E-state index in [1.54, 1.807) is 0 Å². The molecule has 1 rings (SSSR count). The van der Waals surface area contributed by atoms with Crippen LogP contribution in [0.15, 0.2) is 0 Å². The van der Waals surface area contributed by atoms with Crippen LogP contribution in [0.5, 0.6) is 0 Å². The second kappa shape index (κ2) is 6.08. The SMILES string of the molecule is CCOC(=O)C(CC)N1CCCC1CO. The number of carbonyl (C=O) groups excluding carboxylic acids is 1. The fraction of sp³-hybridized carbons (Fsp3) is 0.909. The molecule has 2 unspecified atom stereocenters. The van der Waals surface area contributed by atoms with Crippen LogP contribution in [0.3, 0.4) is 0 Å². The van der Waals surface area contributed by atoms with Crippen molar-refractivity contribution >= 4 is 5.97 Å². The lowest BCUT2D eigenvalue weighted by molar-refractivity contribution is -0.150. The summed E-state index contributed by atoms with van der Waals surface area (Å²) >= 11 is 0. The van der Waals surface area contributed by atoms with E-state index in [4.69, 9.17) is 4.74 Å². The largest absolute Gasteiger partial charge is 0.465 e. The number of ether oxygens (including phenoxy) is 1. The van der Waals surface area contributed by atoms with E-state index in [-0.39, 0.29) is 24.7 Å². The summed E-state index contributed by atoms with van der Waals surface area (Å²) in [7, 11) is 0. The Kier molecular flexibility index (Phi) is 5.05. The van der Waals surface area contributed by atoms with E-state index in [1.165, 1.54) is 0 Å². The van der Waals surface area contributed by atoms with Crippen molar-refractivity contribution in [1.29, 1.82) is 0 Å². The summed E-state index contributed by atoms with van der Waals surface area (Å²) in [4.78, 5) is 13.8. The Morgan fingerprint density at radius 1 is 1.60 bits per heavy atom. The van der Waals surface area contributed by atoms with Gasteiger partial charge in [0.15, 0.2) is 0 Å². The van der Waals surface area contributed by atoms with Crippen molar-refractivity contribution in [3.05, 3.63) is 0 Å². The first-order valence-electron chi connectivity index (χ1n) is 5.77. The highest BCUT2D eigenvalue weighted by molar-refractivity contribution is 5.75. The van der Waals surface area contributed by atoms with Crippen molar-refractivity contribution in [1.82, 2.24) is 4.90 Å². The molecule has 1 aliphatic rings. The second-order valence-corrected chi connectivity index (χ2v) is 3.89. The van der Waals surface area contributed by atoms with Crippen molar-refractivity contribution in [3.8, 4) is 0 Å². The second-order valence-electron chi connectivity index (χ2n) is 3.89. The minimum Gasteiger partial charge on any atom is -0.465 e. The average Bonchev–Trinajstić information content (AvgIpc) is 2.67. The first-order chi connectivity index (χ1) is 7.24. The van der Waals surface area contributed by atoms with Gasteiger partial charge in [-0.25, -0.2) is 0 Å². The number of nitrogens with zero attached hydrogens (tertiary/aromatic N) is 1. The van der Waals surface area contributed by atoms with Gasteiger partial charge in [-0.15, -0.1) is 0 Å². The lowest BCUT2D eigenvalue weighted by Gasteiger charge is -2.29. The molecule has 1 heterocycles. The van der Waals surface area contributed by atoms with Crippen molar-refractivity contribution in [3.63, 3.8) is 0 Å². The normalized spacial score (nSPS) is 24.1. The molecule has 0 amide bonds. The Morgan fingerprint density at radius 3 is 2.87 bits per heavy atom. The van der Waals surface area contributed by atoms with Crippen LogP contribution in [0.1, 0.15) is 33.1 Å². The molecule has 0 bridgehead atoms. The number of hydrogen-bond donors (Lipinski definition) is 1. The predicted molar refractivity (Wildman–Crippen MR) is 57.5 cm³/mol. The van der Waals surface area contributed by atoms with Crippen molar-refractivity contribution < 1.29 is 14.6 Å². The van der Waals surface area contributed by atoms with Crippen LogP contribution in [0.2, 0.25) is 0 Å². The molecule has 0 aliphatic carbocycles. The van der Waals surface area contributed by atoms with E-state index in [0.717, 1.165) is 25.8 Å². The number of esters is 1. The van der Waals surface area contributed by atoms with Gasteiger partial charge in [-0.3, -0.25) is 9.69 Å². The summed E-state index contributed by atoms with van der Waals surface area (Å²) in [6.07, 6.45) is 2.78. The monoisotopic (exact) mass is 215 g/mol. The summed E-state index contributed by atoms with van der Waals surface area (Å²) in [5, 5.41) is 9.20. The number of rotatable bonds is 5. The van der Waals surface area contributed by atoms with Crippen molar-refractivity contribution in [2.24, 2.45) is 0 Å². The fourth-order valence-corrected chi connectivity index (χ4v) is 2.24. The first-order valence-corrected chi connectivity index (χ1v) is 5.77. The Labute approximate surface area is 91.2 Å². The minimum atomic E-state index is -0.176. The summed E-state index contributed by atoms with van der Waals surface area (Å²) in [5.41, 5.74) is 0. The summed E-state index contributed by atoms with van der Waals surface area (Å²) < 4.78 is 5.04. The van der Waals surface area contributed by atoms with Crippen LogP contribution < -0.4 is 0 Å². The van der Waals surface area contributed by atoms with Gasteiger partial charge in [0.2, 0.25) is 0 Å². The van der Waals surface area contributed by atoms with Crippen LogP contribution in [0.25, 0.3) is 0 Å². The van der Waals surface area contributed by atoms with Gasteiger partial charge in [0, 0.05) is 6.04 Å². The number of carbonyl (C=O) groups is 1. The van der Waals surface area contributed by atoms with E-state index in [9.17, 15) is 9.90 Å². The molecule has 15 heavy (non-hydrogen) atoms. The Morgan fingerprint density at radius 2 is 2.33 bits per heavy atom. The molecule has 0 aromatic heterocycles. The van der Waals surface area contributed by atoms with Crippen LogP contribution in [0, 0.1) is 0 Å². The van der Waals surface area contributed by atoms with Gasteiger partial charge < -0.3 is 9.84 Å². The van der Waals surface area contributed by atoms with Crippen molar-refractivity contribution in [2.45, 2.75) is 45.2 Å². The molecule has 0 aromatic rings. The lowest BCUT2D eigenvalue weighted by atomic mass is 10.1. The number of aliphatic hydroxyl groups is 1. The third-order valence-corrected chi connectivity index (χ3v) is 2.98. The molecule has 4 heteroatoms. The van der Waals surface area contributed by atoms with Crippen LogP contribution in [-0.4, -0.2) is 47.8 Å². The van der Waals surface area contributed by atoms with Gasteiger partial charge in [0.05, 0.1) is 13.2 Å². The maximum atomic E-state index is 11.7. The van der Waals surface area contributed by atoms with Crippen LogP contribution >= 0.6 is 0 Å². The summed E-state index contributed by atoms with van der Waals surface area (Å²) in [5.74, 6) is -0.152. The molecule has 1 N–H and O–H groups in total. The molecule has 0 spiro atoms. The molecule has 2 atom stereocenters. The quantitative estimate of drug-likeness (QED) is 0.689. The van der Waals surface area contributed by atoms with E-state index in [2.05, 4.69) is 4.90 Å². The van der Waals surface area contributed by atoms with E-state index >= 15 is 0 Å². The molecule has 0 radical (unpaired) electrons. The van der Waals surface area contributed by atoms with E-state index in [1.807, 2.05) is 13.8 Å². The van der Waals surface area contributed by atoms with E-state index in [0.29, 0.717) is 6.61 Å². The Bertz CT molecular complexity index is 208. The zero-order chi connectivity index (χ0) is 11.3. The highest BCUT2D eigenvalue weighted by Crippen LogP contribution is 2.21. The van der Waals surface area contributed by atoms with Crippen LogP contribution in [0.4, 0.5) is 0 Å². The fourth-order valence-electron chi connectivity index (χ4n) is 2.24. The minimum absolute atomic E-state index is 0.135. The van der Waals surface area contributed by atoms with Gasteiger partial charge in [-0.05, 0) is 32.7 Å². The maximum absolute atomic E-state index is 11.7. The van der Waals surface area contributed by atoms with Gasteiger partial charge in [0.1, 0.15) is 6.04 Å². The average molecular weight is 215 g/mol. The lowest BCUT2D eigenvalue weighted by Crippen LogP contribution is -2.45. The highest BCUT2D eigenvalue weighted by atomic mass is 16.5. The maximum Gasteiger partial charge on any atom is 0.323 e. The third kappa shape index (κ3) is 2.92. The van der Waals surface area contributed by atoms with E-state index < -0.39 is 0 Å². The zero-order valence-corrected chi connectivity index (χ0v) is 9.61. The third-order valence-electron chi connectivity index (χ3n) is 2.98. The molecule has 0 saturated carbocycles. The molecule has 4 nitrogen and oxygen atoms in total.